The number of rotatable bonds is 6. The van der Waals surface area contributed by atoms with Gasteiger partial charge in [0, 0.05) is 36.8 Å². The highest BCUT2D eigenvalue weighted by Crippen LogP contribution is 2.41. The monoisotopic (exact) mass is 412 g/mol. The molecule has 0 saturated heterocycles. The van der Waals surface area contributed by atoms with Crippen LogP contribution in [-0.2, 0) is 17.8 Å². The van der Waals surface area contributed by atoms with Gasteiger partial charge in [-0.2, -0.15) is 5.10 Å². The van der Waals surface area contributed by atoms with Crippen molar-refractivity contribution in [2.24, 2.45) is 0 Å². The number of hydrogen-bond donors (Lipinski definition) is 1. The average molecular weight is 412 g/mol. The van der Waals surface area contributed by atoms with Gasteiger partial charge >= 0.3 is 0 Å². The van der Waals surface area contributed by atoms with Gasteiger partial charge < -0.3 is 10.1 Å². The summed E-state index contributed by atoms with van der Waals surface area (Å²) in [6.07, 6.45) is 7.88. The zero-order chi connectivity index (χ0) is 21.2. The quantitative estimate of drug-likeness (QED) is 0.513. The molecule has 5 rings (SSSR count). The van der Waals surface area contributed by atoms with E-state index in [0.29, 0.717) is 13.0 Å². The molecule has 2 aromatic heterocycles. The number of amides is 1. The van der Waals surface area contributed by atoms with Crippen LogP contribution in [0, 0.1) is 0 Å². The maximum absolute atomic E-state index is 11.5. The van der Waals surface area contributed by atoms with Crippen molar-refractivity contribution >= 4 is 16.8 Å². The lowest BCUT2D eigenvalue weighted by Gasteiger charge is -2.18. The number of pyridine rings is 1. The minimum atomic E-state index is 0.00787. The van der Waals surface area contributed by atoms with Crippen molar-refractivity contribution in [1.29, 1.82) is 0 Å². The first-order valence-electron chi connectivity index (χ1n) is 10.6. The Hall–Kier alpha value is -3.67. The van der Waals surface area contributed by atoms with Gasteiger partial charge in [0.1, 0.15) is 11.9 Å². The Morgan fingerprint density at radius 1 is 1.19 bits per heavy atom. The van der Waals surface area contributed by atoms with E-state index < -0.39 is 0 Å². The Morgan fingerprint density at radius 3 is 2.90 bits per heavy atom. The normalized spacial score (nSPS) is 15.1. The smallest absolute Gasteiger partial charge is 0.221 e. The van der Waals surface area contributed by atoms with Crippen molar-refractivity contribution < 1.29 is 9.53 Å². The van der Waals surface area contributed by atoms with Gasteiger partial charge in [0.15, 0.2) is 0 Å². The molecule has 6 nitrogen and oxygen atoms in total. The van der Waals surface area contributed by atoms with Crippen LogP contribution in [0.5, 0.6) is 5.75 Å². The molecule has 2 aromatic carbocycles. The number of hydrogen-bond acceptors (Lipinski definition) is 4. The van der Waals surface area contributed by atoms with Crippen LogP contribution in [-0.4, -0.2) is 27.7 Å². The lowest BCUT2D eigenvalue weighted by molar-refractivity contribution is -0.120. The van der Waals surface area contributed by atoms with Crippen LogP contribution >= 0.6 is 0 Å². The number of nitrogens with zero attached hydrogens (tertiary/aromatic N) is 3. The Bertz CT molecular complexity index is 1230. The molecule has 0 bridgehead atoms. The van der Waals surface area contributed by atoms with Crippen LogP contribution in [0.25, 0.3) is 22.0 Å². The molecule has 0 radical (unpaired) electrons. The Balaban J connectivity index is 1.40. The molecular weight excluding hydrogens is 388 g/mol. The first-order valence-corrected chi connectivity index (χ1v) is 10.6. The Morgan fingerprint density at radius 2 is 2.06 bits per heavy atom. The summed E-state index contributed by atoms with van der Waals surface area (Å²) >= 11 is 0. The van der Waals surface area contributed by atoms with Crippen LogP contribution in [0.15, 0.2) is 67.1 Å². The fraction of sp³-hybridized carbons (Fsp3) is 0.240. The number of ether oxygens (including phenoxy) is 1. The molecule has 31 heavy (non-hydrogen) atoms. The van der Waals surface area contributed by atoms with E-state index in [2.05, 4.69) is 33.6 Å². The molecule has 1 atom stereocenters. The predicted molar refractivity (Wildman–Crippen MR) is 120 cm³/mol. The van der Waals surface area contributed by atoms with Crippen LogP contribution in [0.2, 0.25) is 0 Å². The molecule has 1 amide bonds. The lowest BCUT2D eigenvalue weighted by atomic mass is 9.96. The van der Waals surface area contributed by atoms with E-state index in [0.717, 1.165) is 35.1 Å². The Labute approximate surface area is 180 Å². The summed E-state index contributed by atoms with van der Waals surface area (Å²) in [6.45, 7) is 0.550. The van der Waals surface area contributed by atoms with Crippen LogP contribution in [0.4, 0.5) is 0 Å². The molecule has 0 aliphatic heterocycles. The second kappa shape index (κ2) is 8.22. The second-order valence-corrected chi connectivity index (χ2v) is 7.77. The minimum absolute atomic E-state index is 0.00787. The molecule has 0 fully saturated rings. The van der Waals surface area contributed by atoms with Gasteiger partial charge in [-0.05, 0) is 59.9 Å². The highest BCUT2D eigenvalue weighted by molar-refractivity contribution is 5.81. The van der Waals surface area contributed by atoms with E-state index in [1.807, 2.05) is 53.6 Å². The van der Waals surface area contributed by atoms with Crippen molar-refractivity contribution in [2.45, 2.75) is 31.9 Å². The number of nitrogens with one attached hydrogen (secondary N) is 1. The van der Waals surface area contributed by atoms with E-state index in [1.165, 1.54) is 16.7 Å². The molecule has 4 aromatic rings. The van der Waals surface area contributed by atoms with Gasteiger partial charge in [-0.3, -0.25) is 14.5 Å². The number of benzene rings is 2. The number of aromatic nitrogens is 3. The van der Waals surface area contributed by atoms with Gasteiger partial charge in [0.05, 0.1) is 18.3 Å². The van der Waals surface area contributed by atoms with Crippen molar-refractivity contribution in [3.63, 3.8) is 0 Å². The second-order valence-electron chi connectivity index (χ2n) is 7.77. The maximum atomic E-state index is 11.5. The minimum Gasteiger partial charge on any atom is -0.486 e. The van der Waals surface area contributed by atoms with Crippen LogP contribution in [0.1, 0.15) is 30.1 Å². The van der Waals surface area contributed by atoms with Gasteiger partial charge in [0.25, 0.3) is 0 Å². The fourth-order valence-corrected chi connectivity index (χ4v) is 4.36. The number of fused-ring (bicyclic) bond motifs is 2. The summed E-state index contributed by atoms with van der Waals surface area (Å²) in [5.41, 5.74) is 6.00. The molecule has 1 N–H and O–H groups in total. The molecule has 0 saturated carbocycles. The maximum Gasteiger partial charge on any atom is 0.221 e. The summed E-state index contributed by atoms with van der Waals surface area (Å²) < 4.78 is 8.34. The third-order valence-corrected chi connectivity index (χ3v) is 5.91. The summed E-state index contributed by atoms with van der Waals surface area (Å²) in [5, 5.41) is 8.09. The SMILES string of the molecule is CNC(=O)CCn1ncc2cc(OC3CCc4cccc(-c5ccncc5)c43)ccc21. The molecule has 1 unspecified atom stereocenters. The van der Waals surface area contributed by atoms with E-state index in [9.17, 15) is 4.79 Å². The van der Waals surface area contributed by atoms with E-state index in [4.69, 9.17) is 4.74 Å². The largest absolute Gasteiger partial charge is 0.486 e. The van der Waals surface area contributed by atoms with Crippen molar-refractivity contribution in [2.75, 3.05) is 7.05 Å². The number of carbonyl (C=O) groups is 1. The van der Waals surface area contributed by atoms with Crippen LogP contribution < -0.4 is 10.1 Å². The summed E-state index contributed by atoms with van der Waals surface area (Å²) in [4.78, 5) is 15.7. The molecule has 6 heteroatoms. The summed E-state index contributed by atoms with van der Waals surface area (Å²) in [7, 11) is 1.65. The topological polar surface area (TPSA) is 69.0 Å². The third kappa shape index (κ3) is 3.77. The number of carbonyl (C=O) groups excluding carboxylic acids is 1. The number of aryl methyl sites for hydroxylation is 2. The summed E-state index contributed by atoms with van der Waals surface area (Å²) in [6, 6.07) is 16.6. The van der Waals surface area contributed by atoms with Gasteiger partial charge in [-0.25, -0.2) is 0 Å². The molecule has 2 heterocycles. The van der Waals surface area contributed by atoms with Gasteiger partial charge in [-0.15, -0.1) is 0 Å². The van der Waals surface area contributed by atoms with Gasteiger partial charge in [0.2, 0.25) is 5.91 Å². The zero-order valence-electron chi connectivity index (χ0n) is 17.4. The van der Waals surface area contributed by atoms with Crippen molar-refractivity contribution in [1.82, 2.24) is 20.1 Å². The highest BCUT2D eigenvalue weighted by Gasteiger charge is 2.27. The molecule has 1 aliphatic rings. The molecule has 0 spiro atoms. The first-order chi connectivity index (χ1) is 15.2. The molecule has 1 aliphatic carbocycles. The first kappa shape index (κ1) is 19.3. The van der Waals surface area contributed by atoms with E-state index in [1.54, 1.807) is 7.05 Å². The Kier molecular flexibility index (Phi) is 5.12. The summed E-state index contributed by atoms with van der Waals surface area (Å²) in [5.74, 6) is 0.842. The standard InChI is InChI=1S/C25H24N4O2/c1-26-24(30)11-14-29-22-7-6-20(15-19(22)16-28-29)31-23-8-5-18-3-2-4-21(25(18)23)17-9-12-27-13-10-17/h2-4,6-7,9-10,12-13,15-16,23H,5,8,11,14H2,1H3,(H,26,30). The van der Waals surface area contributed by atoms with Crippen LogP contribution in [0.3, 0.4) is 0 Å². The lowest BCUT2D eigenvalue weighted by Crippen LogP contribution is -2.19. The average Bonchev–Trinajstić information content (AvgIpc) is 3.42. The molecular formula is C25H24N4O2. The van der Waals surface area contributed by atoms with Crippen molar-refractivity contribution in [3.05, 3.63) is 78.2 Å². The van der Waals surface area contributed by atoms with E-state index >= 15 is 0 Å². The van der Waals surface area contributed by atoms with E-state index in [-0.39, 0.29) is 12.0 Å². The van der Waals surface area contributed by atoms with Gasteiger partial charge in [-0.1, -0.05) is 18.2 Å². The fourth-order valence-electron chi connectivity index (χ4n) is 4.36. The third-order valence-electron chi connectivity index (χ3n) is 5.91. The van der Waals surface area contributed by atoms with Crippen molar-refractivity contribution in [3.8, 4) is 16.9 Å². The molecule has 156 valence electrons. The predicted octanol–water partition coefficient (Wildman–Crippen LogP) is 4.30. The zero-order valence-corrected chi connectivity index (χ0v) is 17.4. The highest BCUT2D eigenvalue weighted by atomic mass is 16.5.